The number of benzene rings is 2. The van der Waals surface area contributed by atoms with Crippen molar-refractivity contribution in [2.45, 2.75) is 52.9 Å². The molecule has 0 aliphatic heterocycles. The Morgan fingerprint density at radius 1 is 0.955 bits per heavy atom. The van der Waals surface area contributed by atoms with Crippen LogP contribution in [0.2, 0.25) is 5.02 Å². The van der Waals surface area contributed by atoms with Gasteiger partial charge in [-0.3, -0.25) is 0 Å². The van der Waals surface area contributed by atoms with Crippen LogP contribution in [0.15, 0.2) is 30.3 Å². The van der Waals surface area contributed by atoms with E-state index in [1.807, 2.05) is 13.0 Å². The van der Waals surface area contributed by atoms with Crippen LogP contribution in [-0.4, -0.2) is 0 Å². The minimum Gasteiger partial charge on any atom is -0.207 e. The van der Waals surface area contributed by atoms with Gasteiger partial charge in [0.25, 0.3) is 0 Å². The average Bonchev–Trinajstić information content (AvgIpc) is 2.41. The Morgan fingerprint density at radius 3 is 2.18 bits per heavy atom. The van der Waals surface area contributed by atoms with Crippen molar-refractivity contribution >= 4 is 11.6 Å². The molecule has 2 rings (SSSR count). The smallest absolute Gasteiger partial charge is 0.126 e. The zero-order chi connectivity index (χ0) is 16.4. The molecule has 0 aromatic heterocycles. The molecular weight excluding hydrogens is 295 g/mol. The van der Waals surface area contributed by atoms with Crippen LogP contribution in [0.4, 0.5) is 4.39 Å². The number of hydrogen-bond donors (Lipinski definition) is 0. The van der Waals surface area contributed by atoms with E-state index in [1.54, 1.807) is 6.07 Å². The van der Waals surface area contributed by atoms with Crippen LogP contribution >= 0.6 is 11.6 Å². The summed E-state index contributed by atoms with van der Waals surface area (Å²) in [5, 5.41) is 0.843. The first-order chi connectivity index (χ1) is 10.3. The van der Waals surface area contributed by atoms with Gasteiger partial charge in [-0.2, -0.15) is 0 Å². The molecule has 0 bridgehead atoms. The Labute approximate surface area is 138 Å². The molecule has 1 unspecified atom stereocenters. The normalized spacial score (nSPS) is 12.7. The molecule has 22 heavy (non-hydrogen) atoms. The summed E-state index contributed by atoms with van der Waals surface area (Å²) in [7, 11) is 0. The molecule has 0 amide bonds. The van der Waals surface area contributed by atoms with Gasteiger partial charge in [0, 0.05) is 5.02 Å². The summed E-state index contributed by atoms with van der Waals surface area (Å²) >= 11 is 6.63. The molecular formula is C20H24ClF. The van der Waals surface area contributed by atoms with Crippen molar-refractivity contribution in [3.63, 3.8) is 0 Å². The highest BCUT2D eigenvalue weighted by atomic mass is 35.5. The Morgan fingerprint density at radius 2 is 1.59 bits per heavy atom. The van der Waals surface area contributed by atoms with Crippen LogP contribution < -0.4 is 0 Å². The zero-order valence-corrected chi connectivity index (χ0v) is 14.8. The minimum atomic E-state index is -0.125. The first-order valence-electron chi connectivity index (χ1n) is 7.85. The van der Waals surface area contributed by atoms with Crippen LogP contribution in [0.1, 0.15) is 60.4 Å². The summed E-state index contributed by atoms with van der Waals surface area (Å²) in [5.74, 6) is 0.360. The fourth-order valence-corrected chi connectivity index (χ4v) is 3.81. The lowest BCUT2D eigenvalue weighted by atomic mass is 9.88. The van der Waals surface area contributed by atoms with Gasteiger partial charge in [0.1, 0.15) is 5.82 Å². The van der Waals surface area contributed by atoms with Crippen molar-refractivity contribution < 1.29 is 4.39 Å². The molecule has 0 N–H and O–H groups in total. The van der Waals surface area contributed by atoms with Gasteiger partial charge in [-0.1, -0.05) is 56.6 Å². The maximum absolute atomic E-state index is 14.1. The van der Waals surface area contributed by atoms with E-state index < -0.39 is 0 Å². The minimum absolute atomic E-state index is 0.0985. The molecule has 2 heteroatoms. The lowest BCUT2D eigenvalue weighted by Crippen LogP contribution is -2.06. The van der Waals surface area contributed by atoms with E-state index in [-0.39, 0.29) is 11.7 Å². The predicted molar refractivity (Wildman–Crippen MR) is 93.5 cm³/mol. The first-order valence-corrected chi connectivity index (χ1v) is 8.23. The van der Waals surface area contributed by atoms with Crippen LogP contribution in [-0.2, 0) is 6.42 Å². The molecule has 0 spiro atoms. The van der Waals surface area contributed by atoms with Gasteiger partial charge in [0.15, 0.2) is 0 Å². The molecule has 0 fully saturated rings. The highest BCUT2D eigenvalue weighted by Gasteiger charge is 2.18. The Balaban J connectivity index is 2.37. The molecule has 0 aliphatic rings. The van der Waals surface area contributed by atoms with Crippen LogP contribution in [0.25, 0.3) is 0 Å². The third-order valence-electron chi connectivity index (χ3n) is 4.34. The summed E-state index contributed by atoms with van der Waals surface area (Å²) in [6.07, 6.45) is 0.751. The van der Waals surface area contributed by atoms with E-state index >= 15 is 0 Å². The lowest BCUT2D eigenvalue weighted by Gasteiger charge is -2.20. The molecule has 2 aromatic carbocycles. The van der Waals surface area contributed by atoms with Gasteiger partial charge < -0.3 is 0 Å². The molecule has 0 heterocycles. The average molecular weight is 319 g/mol. The second-order valence-electron chi connectivity index (χ2n) is 6.50. The number of hydrogen-bond acceptors (Lipinski definition) is 0. The standard InChI is InChI=1S/C20H24ClF/c1-12(2)18-14(4)9-10-16(20(18)21)11-15(5)19-13(3)7-6-8-17(19)22/h6-10,12,15H,11H2,1-5H3. The third kappa shape index (κ3) is 3.35. The quantitative estimate of drug-likeness (QED) is 0.598. The van der Waals surface area contributed by atoms with Gasteiger partial charge in [-0.15, -0.1) is 0 Å². The Hall–Kier alpha value is -1.34. The second kappa shape index (κ2) is 6.83. The number of rotatable bonds is 4. The summed E-state index contributed by atoms with van der Waals surface area (Å²) in [6.45, 7) is 10.4. The first kappa shape index (κ1) is 17.0. The topological polar surface area (TPSA) is 0 Å². The number of aryl methyl sites for hydroxylation is 2. The van der Waals surface area contributed by atoms with Crippen molar-refractivity contribution in [3.05, 3.63) is 69.0 Å². The van der Waals surface area contributed by atoms with E-state index in [0.717, 1.165) is 28.1 Å². The summed E-state index contributed by atoms with van der Waals surface area (Å²) in [4.78, 5) is 0. The van der Waals surface area contributed by atoms with E-state index in [9.17, 15) is 4.39 Å². The van der Waals surface area contributed by atoms with Gasteiger partial charge >= 0.3 is 0 Å². The van der Waals surface area contributed by atoms with Crippen molar-refractivity contribution in [1.82, 2.24) is 0 Å². The second-order valence-corrected chi connectivity index (χ2v) is 6.88. The van der Waals surface area contributed by atoms with Gasteiger partial charge in [0.2, 0.25) is 0 Å². The third-order valence-corrected chi connectivity index (χ3v) is 4.79. The Kier molecular flexibility index (Phi) is 5.28. The highest BCUT2D eigenvalue weighted by molar-refractivity contribution is 6.32. The highest BCUT2D eigenvalue weighted by Crippen LogP contribution is 2.34. The largest absolute Gasteiger partial charge is 0.207 e. The van der Waals surface area contributed by atoms with E-state index in [1.165, 1.54) is 17.2 Å². The summed E-state index contributed by atoms with van der Waals surface area (Å²) in [6, 6.07) is 9.46. The van der Waals surface area contributed by atoms with Gasteiger partial charge in [0.05, 0.1) is 0 Å². The van der Waals surface area contributed by atoms with Gasteiger partial charge in [-0.05, 0) is 66.0 Å². The summed E-state index contributed by atoms with van der Waals surface area (Å²) in [5.41, 5.74) is 5.33. The molecule has 0 saturated heterocycles. The molecule has 0 saturated carbocycles. The van der Waals surface area contributed by atoms with Crippen LogP contribution in [0.5, 0.6) is 0 Å². The fourth-order valence-electron chi connectivity index (χ4n) is 3.30. The maximum Gasteiger partial charge on any atom is 0.126 e. The zero-order valence-electron chi connectivity index (χ0n) is 14.0. The lowest BCUT2D eigenvalue weighted by molar-refractivity contribution is 0.584. The molecule has 0 aliphatic carbocycles. The van der Waals surface area contributed by atoms with Gasteiger partial charge in [-0.25, -0.2) is 4.39 Å². The van der Waals surface area contributed by atoms with Crippen LogP contribution in [0.3, 0.4) is 0 Å². The fraction of sp³-hybridized carbons (Fsp3) is 0.400. The SMILES string of the molecule is Cc1ccc(CC(C)c2c(C)cccc2F)c(Cl)c1C(C)C. The van der Waals surface area contributed by atoms with Crippen molar-refractivity contribution in [2.75, 3.05) is 0 Å². The summed E-state index contributed by atoms with van der Waals surface area (Å²) < 4.78 is 14.1. The molecule has 1 atom stereocenters. The van der Waals surface area contributed by atoms with Crippen LogP contribution in [0, 0.1) is 19.7 Å². The monoisotopic (exact) mass is 318 g/mol. The van der Waals surface area contributed by atoms with Crippen molar-refractivity contribution in [1.29, 1.82) is 0 Å². The van der Waals surface area contributed by atoms with Crippen molar-refractivity contribution in [3.8, 4) is 0 Å². The van der Waals surface area contributed by atoms with E-state index in [2.05, 4.69) is 39.8 Å². The van der Waals surface area contributed by atoms with E-state index in [4.69, 9.17) is 11.6 Å². The van der Waals surface area contributed by atoms with Crippen molar-refractivity contribution in [2.24, 2.45) is 0 Å². The molecule has 2 aromatic rings. The molecule has 118 valence electrons. The van der Waals surface area contributed by atoms with E-state index in [0.29, 0.717) is 5.92 Å². The Bertz CT molecular complexity index is 653. The predicted octanol–water partition coefficient (Wildman–Crippen LogP) is 6.57. The molecule has 0 nitrogen and oxygen atoms in total. The molecule has 0 radical (unpaired) electrons. The maximum atomic E-state index is 14.1. The number of halogens is 2.